The third-order valence-electron chi connectivity index (χ3n) is 4.01. The van der Waals surface area contributed by atoms with Crippen LogP contribution in [0, 0.1) is 12.7 Å². The van der Waals surface area contributed by atoms with Gasteiger partial charge < -0.3 is 10.4 Å². The zero-order valence-corrected chi connectivity index (χ0v) is 12.7. The van der Waals surface area contributed by atoms with E-state index in [0.29, 0.717) is 31.5 Å². The lowest BCUT2D eigenvalue weighted by Crippen LogP contribution is -2.46. The van der Waals surface area contributed by atoms with Gasteiger partial charge in [0.25, 0.3) is 0 Å². The van der Waals surface area contributed by atoms with E-state index in [-0.39, 0.29) is 11.7 Å². The quantitative estimate of drug-likeness (QED) is 0.887. The van der Waals surface area contributed by atoms with Gasteiger partial charge in [-0.2, -0.15) is 0 Å². The lowest BCUT2D eigenvalue weighted by atomic mass is 9.94. The van der Waals surface area contributed by atoms with Gasteiger partial charge in [0.2, 0.25) is 5.91 Å². The van der Waals surface area contributed by atoms with Crippen molar-refractivity contribution in [1.29, 1.82) is 0 Å². The normalized spacial score (nSPS) is 18.5. The van der Waals surface area contributed by atoms with Crippen LogP contribution >= 0.6 is 0 Å². The molecular weight excluding hydrogens is 271 g/mol. The maximum Gasteiger partial charge on any atom is 0.234 e. The molecule has 1 aromatic carbocycles. The van der Waals surface area contributed by atoms with Crippen LogP contribution in [-0.4, -0.2) is 41.1 Å². The highest BCUT2D eigenvalue weighted by Gasteiger charge is 2.27. The van der Waals surface area contributed by atoms with Crippen LogP contribution in [-0.2, 0) is 11.3 Å². The van der Waals surface area contributed by atoms with Crippen molar-refractivity contribution in [3.8, 4) is 0 Å². The summed E-state index contributed by atoms with van der Waals surface area (Å²) in [5, 5.41) is 12.7. The van der Waals surface area contributed by atoms with Crippen LogP contribution in [0.1, 0.15) is 30.9 Å². The number of likely N-dealkylation sites (tertiary alicyclic amines) is 1. The molecule has 1 saturated heterocycles. The summed E-state index contributed by atoms with van der Waals surface area (Å²) in [4.78, 5) is 14.0. The van der Waals surface area contributed by atoms with Crippen LogP contribution in [0.5, 0.6) is 0 Å². The molecule has 0 saturated carbocycles. The minimum Gasteiger partial charge on any atom is -0.390 e. The third-order valence-corrected chi connectivity index (χ3v) is 4.01. The second-order valence-electron chi connectivity index (χ2n) is 6.13. The third kappa shape index (κ3) is 4.79. The van der Waals surface area contributed by atoms with E-state index in [4.69, 9.17) is 0 Å². The Kier molecular flexibility index (Phi) is 4.96. The summed E-state index contributed by atoms with van der Waals surface area (Å²) in [5.74, 6) is -0.274. The molecule has 116 valence electrons. The van der Waals surface area contributed by atoms with Gasteiger partial charge in [-0.1, -0.05) is 12.1 Å². The highest BCUT2D eigenvalue weighted by atomic mass is 19.1. The first-order valence-electron chi connectivity index (χ1n) is 7.32. The molecule has 1 heterocycles. The van der Waals surface area contributed by atoms with Crippen LogP contribution in [0.2, 0.25) is 0 Å². The van der Waals surface area contributed by atoms with E-state index in [1.807, 2.05) is 11.8 Å². The number of nitrogens with zero attached hydrogens (tertiary/aromatic N) is 1. The molecule has 1 amide bonds. The summed E-state index contributed by atoms with van der Waals surface area (Å²) in [7, 11) is 0. The minimum absolute atomic E-state index is 0.0430. The number of hydrogen-bond acceptors (Lipinski definition) is 3. The Morgan fingerprint density at radius 1 is 1.43 bits per heavy atom. The highest BCUT2D eigenvalue weighted by Crippen LogP contribution is 2.20. The minimum atomic E-state index is -0.599. The smallest absolute Gasteiger partial charge is 0.234 e. The number of benzene rings is 1. The Balaban J connectivity index is 1.76. The molecule has 0 unspecified atom stereocenters. The monoisotopic (exact) mass is 294 g/mol. The van der Waals surface area contributed by atoms with Crippen molar-refractivity contribution in [2.75, 3.05) is 19.6 Å². The SMILES string of the molecule is Cc1cc(CNC(=O)CN2CCC(C)(O)CC2)ccc1F. The lowest BCUT2D eigenvalue weighted by Gasteiger charge is -2.35. The van der Waals surface area contributed by atoms with Crippen LogP contribution in [0.3, 0.4) is 0 Å². The molecule has 1 aliphatic rings. The molecule has 0 aliphatic carbocycles. The Morgan fingerprint density at radius 3 is 2.71 bits per heavy atom. The van der Waals surface area contributed by atoms with Crippen LogP contribution in [0.25, 0.3) is 0 Å². The second kappa shape index (κ2) is 6.54. The number of aliphatic hydroxyl groups is 1. The predicted octanol–water partition coefficient (Wildman–Crippen LogP) is 1.60. The average molecular weight is 294 g/mol. The molecule has 5 heteroatoms. The first kappa shape index (κ1) is 15.9. The Labute approximate surface area is 125 Å². The first-order chi connectivity index (χ1) is 9.85. The van der Waals surface area contributed by atoms with Crippen molar-refractivity contribution < 1.29 is 14.3 Å². The number of amides is 1. The van der Waals surface area contributed by atoms with Crippen molar-refractivity contribution in [3.05, 3.63) is 35.1 Å². The molecule has 1 aromatic rings. The molecule has 4 nitrogen and oxygen atoms in total. The summed E-state index contributed by atoms with van der Waals surface area (Å²) in [6.45, 7) is 5.76. The molecule has 2 N–H and O–H groups in total. The van der Waals surface area contributed by atoms with Gasteiger partial charge in [0.05, 0.1) is 12.1 Å². The van der Waals surface area contributed by atoms with E-state index in [2.05, 4.69) is 5.32 Å². The summed E-state index contributed by atoms with van der Waals surface area (Å²) in [5.41, 5.74) is 0.877. The molecule has 0 spiro atoms. The molecule has 0 radical (unpaired) electrons. The fourth-order valence-electron chi connectivity index (χ4n) is 2.47. The number of piperidine rings is 1. The molecular formula is C16H23FN2O2. The number of hydrogen-bond donors (Lipinski definition) is 2. The van der Waals surface area contributed by atoms with Gasteiger partial charge in [0.15, 0.2) is 0 Å². The number of aryl methyl sites for hydroxylation is 1. The first-order valence-corrected chi connectivity index (χ1v) is 7.32. The Morgan fingerprint density at radius 2 is 2.10 bits per heavy atom. The van der Waals surface area contributed by atoms with Gasteiger partial charge in [-0.15, -0.1) is 0 Å². The largest absolute Gasteiger partial charge is 0.390 e. The lowest BCUT2D eigenvalue weighted by molar-refractivity contribution is -0.123. The van der Waals surface area contributed by atoms with Gasteiger partial charge in [-0.25, -0.2) is 4.39 Å². The topological polar surface area (TPSA) is 52.6 Å². The number of carbonyl (C=O) groups is 1. The van der Waals surface area contributed by atoms with Gasteiger partial charge in [0.1, 0.15) is 5.82 Å². The van der Waals surface area contributed by atoms with E-state index >= 15 is 0 Å². The van der Waals surface area contributed by atoms with Crippen molar-refractivity contribution in [2.45, 2.75) is 38.8 Å². The molecule has 0 atom stereocenters. The Hall–Kier alpha value is -1.46. The molecule has 0 bridgehead atoms. The van der Waals surface area contributed by atoms with Crippen LogP contribution in [0.4, 0.5) is 4.39 Å². The highest BCUT2D eigenvalue weighted by molar-refractivity contribution is 5.78. The zero-order chi connectivity index (χ0) is 15.5. The molecule has 1 fully saturated rings. The summed E-state index contributed by atoms with van der Waals surface area (Å²) in [6, 6.07) is 4.85. The van der Waals surface area contributed by atoms with E-state index in [1.54, 1.807) is 19.1 Å². The predicted molar refractivity (Wildman–Crippen MR) is 79.3 cm³/mol. The summed E-state index contributed by atoms with van der Waals surface area (Å²) >= 11 is 0. The van der Waals surface area contributed by atoms with Gasteiger partial charge in [0, 0.05) is 19.6 Å². The van der Waals surface area contributed by atoms with Crippen molar-refractivity contribution >= 4 is 5.91 Å². The van der Waals surface area contributed by atoms with Crippen molar-refractivity contribution in [3.63, 3.8) is 0 Å². The molecule has 0 aromatic heterocycles. The van der Waals surface area contributed by atoms with Crippen molar-refractivity contribution in [1.82, 2.24) is 10.2 Å². The van der Waals surface area contributed by atoms with Crippen LogP contribution < -0.4 is 5.32 Å². The average Bonchev–Trinajstić information content (AvgIpc) is 2.43. The van der Waals surface area contributed by atoms with E-state index < -0.39 is 5.60 Å². The molecule has 21 heavy (non-hydrogen) atoms. The fourth-order valence-corrected chi connectivity index (χ4v) is 2.47. The van der Waals surface area contributed by atoms with E-state index in [0.717, 1.165) is 18.7 Å². The fraction of sp³-hybridized carbons (Fsp3) is 0.562. The maximum atomic E-state index is 13.2. The summed E-state index contributed by atoms with van der Waals surface area (Å²) < 4.78 is 13.2. The van der Waals surface area contributed by atoms with Gasteiger partial charge in [-0.3, -0.25) is 9.69 Å². The summed E-state index contributed by atoms with van der Waals surface area (Å²) in [6.07, 6.45) is 1.38. The zero-order valence-electron chi connectivity index (χ0n) is 12.7. The number of nitrogens with one attached hydrogen (secondary N) is 1. The van der Waals surface area contributed by atoms with E-state index in [1.165, 1.54) is 6.07 Å². The van der Waals surface area contributed by atoms with Gasteiger partial charge in [-0.05, 0) is 43.9 Å². The van der Waals surface area contributed by atoms with Crippen LogP contribution in [0.15, 0.2) is 18.2 Å². The second-order valence-corrected chi connectivity index (χ2v) is 6.13. The molecule has 2 rings (SSSR count). The number of halogens is 1. The number of carbonyl (C=O) groups excluding carboxylic acids is 1. The maximum absolute atomic E-state index is 13.2. The van der Waals surface area contributed by atoms with Gasteiger partial charge >= 0.3 is 0 Å². The van der Waals surface area contributed by atoms with E-state index in [9.17, 15) is 14.3 Å². The standard InChI is InChI=1S/C16H23FN2O2/c1-12-9-13(3-4-14(12)17)10-18-15(20)11-19-7-5-16(2,21)6-8-19/h3-4,9,21H,5-8,10-11H2,1-2H3,(H,18,20). The Bertz CT molecular complexity index is 507. The number of rotatable bonds is 4. The molecule has 1 aliphatic heterocycles. The van der Waals surface area contributed by atoms with Crippen molar-refractivity contribution in [2.24, 2.45) is 0 Å².